The number of aryl methyl sites for hydroxylation is 1. The molecule has 0 aliphatic carbocycles. The highest BCUT2D eigenvalue weighted by Gasteiger charge is 2.28. The number of morpholine rings is 1. The molecule has 0 bridgehead atoms. The number of benzene rings is 3. The van der Waals surface area contributed by atoms with E-state index in [0.29, 0.717) is 42.1 Å². The van der Waals surface area contributed by atoms with Gasteiger partial charge >= 0.3 is 0 Å². The lowest BCUT2D eigenvalue weighted by Gasteiger charge is -2.26. The maximum Gasteiger partial charge on any atom is 0.243 e. The fraction of sp³-hybridized carbons (Fsp3) is 0.250. The summed E-state index contributed by atoms with van der Waals surface area (Å²) in [4.78, 5) is 0.0999. The molecule has 12 heteroatoms. The van der Waals surface area contributed by atoms with E-state index in [0.717, 1.165) is 11.1 Å². The largest absolute Gasteiger partial charge is 0.497 e. The SMILES string of the molecule is COc1cccc(NC(=S)N=Nc2c(O)n(Cc3ccc(C)cc3)c3ccc(S(=O)(=O)N4CCOCC4)cc23)c1. The number of methoxy groups -OCH3 is 1. The topological polar surface area (TPSA) is 118 Å². The van der Waals surface area contributed by atoms with Crippen molar-refractivity contribution >= 4 is 49.6 Å². The van der Waals surface area contributed by atoms with Crippen LogP contribution in [0.4, 0.5) is 11.4 Å². The Morgan fingerprint density at radius 1 is 1.10 bits per heavy atom. The predicted octanol–water partition coefficient (Wildman–Crippen LogP) is 5.21. The third kappa shape index (κ3) is 5.85. The van der Waals surface area contributed by atoms with Crippen LogP contribution in [0.3, 0.4) is 0 Å². The highest BCUT2D eigenvalue weighted by Crippen LogP contribution is 2.41. The molecule has 5 rings (SSSR count). The summed E-state index contributed by atoms with van der Waals surface area (Å²) in [5, 5.41) is 23.2. The number of fused-ring (bicyclic) bond motifs is 1. The summed E-state index contributed by atoms with van der Waals surface area (Å²) >= 11 is 5.36. The Hall–Kier alpha value is -3.84. The Morgan fingerprint density at radius 2 is 1.85 bits per heavy atom. The molecule has 1 aliphatic heterocycles. The van der Waals surface area contributed by atoms with E-state index in [4.69, 9.17) is 21.7 Å². The van der Waals surface area contributed by atoms with E-state index in [2.05, 4.69) is 15.5 Å². The first-order valence-corrected chi connectivity index (χ1v) is 14.5. The molecule has 0 atom stereocenters. The molecular formula is C28H29N5O5S2. The van der Waals surface area contributed by atoms with Crippen molar-refractivity contribution in [3.8, 4) is 11.6 Å². The van der Waals surface area contributed by atoms with Crippen LogP contribution in [-0.2, 0) is 21.3 Å². The van der Waals surface area contributed by atoms with Crippen molar-refractivity contribution in [2.24, 2.45) is 10.2 Å². The molecule has 0 spiro atoms. The van der Waals surface area contributed by atoms with Crippen LogP contribution in [0.15, 0.2) is 81.9 Å². The van der Waals surface area contributed by atoms with Crippen molar-refractivity contribution in [2.75, 3.05) is 38.7 Å². The minimum atomic E-state index is -3.78. The number of aromatic hydroxyl groups is 1. The Labute approximate surface area is 237 Å². The number of nitrogens with zero attached hydrogens (tertiary/aromatic N) is 4. The molecule has 2 heterocycles. The van der Waals surface area contributed by atoms with E-state index < -0.39 is 10.0 Å². The summed E-state index contributed by atoms with van der Waals surface area (Å²) < 4.78 is 40.4. The molecular weight excluding hydrogens is 550 g/mol. The van der Waals surface area contributed by atoms with Crippen LogP contribution < -0.4 is 10.1 Å². The number of aromatic nitrogens is 1. The van der Waals surface area contributed by atoms with Crippen LogP contribution in [0.2, 0.25) is 0 Å². The van der Waals surface area contributed by atoms with E-state index >= 15 is 0 Å². The molecule has 40 heavy (non-hydrogen) atoms. The Balaban J connectivity index is 1.54. The number of hydrogen-bond acceptors (Lipinski definition) is 7. The zero-order chi connectivity index (χ0) is 28.3. The van der Waals surface area contributed by atoms with Gasteiger partial charge in [-0.1, -0.05) is 35.9 Å². The van der Waals surface area contributed by atoms with Crippen molar-refractivity contribution < 1.29 is 23.0 Å². The van der Waals surface area contributed by atoms with Gasteiger partial charge in [-0.05, 0) is 55.0 Å². The van der Waals surface area contributed by atoms with Gasteiger partial charge in [0.05, 0.1) is 37.3 Å². The molecule has 0 amide bonds. The minimum Gasteiger partial charge on any atom is -0.497 e. The average molecular weight is 580 g/mol. The van der Waals surface area contributed by atoms with Gasteiger partial charge in [0.25, 0.3) is 0 Å². The predicted molar refractivity (Wildman–Crippen MR) is 157 cm³/mol. The van der Waals surface area contributed by atoms with Crippen LogP contribution in [0.25, 0.3) is 10.9 Å². The van der Waals surface area contributed by atoms with Gasteiger partial charge in [-0.2, -0.15) is 4.31 Å². The standard InChI is InChI=1S/C28H29N5O5S2/c1-19-6-8-20(9-7-19)18-33-25-11-10-23(40(35,36)32-12-14-38-15-13-32)17-24(25)26(27(33)34)30-31-28(39)29-21-4-3-5-22(16-21)37-2/h3-11,16-17,34H,12-15,18H2,1-2H3,(H,29,39). The van der Waals surface area contributed by atoms with Gasteiger partial charge in [-0.15, -0.1) is 10.2 Å². The van der Waals surface area contributed by atoms with Gasteiger partial charge in [-0.3, -0.25) is 0 Å². The minimum absolute atomic E-state index is 0.0594. The fourth-order valence-electron chi connectivity index (χ4n) is 4.48. The third-order valence-electron chi connectivity index (χ3n) is 6.61. The Bertz CT molecular complexity index is 1680. The number of ether oxygens (including phenoxy) is 2. The molecule has 208 valence electrons. The fourth-order valence-corrected chi connectivity index (χ4v) is 6.07. The molecule has 3 aromatic carbocycles. The van der Waals surface area contributed by atoms with Gasteiger partial charge in [0.2, 0.25) is 21.0 Å². The van der Waals surface area contributed by atoms with Gasteiger partial charge in [-0.25, -0.2) is 8.42 Å². The Kier molecular flexibility index (Phi) is 8.12. The molecule has 0 unspecified atom stereocenters. The van der Waals surface area contributed by atoms with Crippen LogP contribution in [0, 0.1) is 6.92 Å². The molecule has 1 aliphatic rings. The first kappa shape index (κ1) is 27.7. The van der Waals surface area contributed by atoms with Gasteiger partial charge < -0.3 is 24.5 Å². The summed E-state index contributed by atoms with van der Waals surface area (Å²) in [7, 11) is -2.21. The van der Waals surface area contributed by atoms with Crippen LogP contribution in [0.1, 0.15) is 11.1 Å². The maximum absolute atomic E-state index is 13.4. The number of sulfonamides is 1. The van der Waals surface area contributed by atoms with E-state index in [1.54, 1.807) is 42.0 Å². The monoisotopic (exact) mass is 579 g/mol. The number of anilines is 1. The second kappa shape index (κ2) is 11.7. The van der Waals surface area contributed by atoms with Crippen LogP contribution in [-0.4, -0.2) is 60.9 Å². The molecule has 1 aromatic heterocycles. The molecule has 1 fully saturated rings. The van der Waals surface area contributed by atoms with Crippen molar-refractivity contribution in [3.63, 3.8) is 0 Å². The zero-order valence-electron chi connectivity index (χ0n) is 22.1. The number of rotatable bonds is 7. The lowest BCUT2D eigenvalue weighted by Crippen LogP contribution is -2.40. The number of thiocarbonyl (C=S) groups is 1. The molecule has 0 radical (unpaired) electrons. The van der Waals surface area contributed by atoms with E-state index in [1.165, 1.54) is 10.4 Å². The normalized spacial score (nSPS) is 14.6. The quantitative estimate of drug-likeness (QED) is 0.228. The number of hydrogen-bond donors (Lipinski definition) is 2. The van der Waals surface area contributed by atoms with Crippen molar-refractivity contribution in [2.45, 2.75) is 18.4 Å². The zero-order valence-corrected chi connectivity index (χ0v) is 23.7. The van der Waals surface area contributed by atoms with Gasteiger partial charge in [0.15, 0.2) is 5.69 Å². The molecule has 0 saturated carbocycles. The lowest BCUT2D eigenvalue weighted by molar-refractivity contribution is 0.0730. The molecule has 2 N–H and O–H groups in total. The van der Waals surface area contributed by atoms with Crippen molar-refractivity contribution in [1.82, 2.24) is 8.87 Å². The number of nitrogens with one attached hydrogen (secondary N) is 1. The maximum atomic E-state index is 13.4. The van der Waals surface area contributed by atoms with Crippen LogP contribution in [0.5, 0.6) is 11.6 Å². The average Bonchev–Trinajstić information content (AvgIpc) is 3.23. The highest BCUT2D eigenvalue weighted by molar-refractivity contribution is 7.89. The Morgan fingerprint density at radius 3 is 2.58 bits per heavy atom. The first-order valence-electron chi connectivity index (χ1n) is 12.6. The first-order chi connectivity index (χ1) is 19.3. The summed E-state index contributed by atoms with van der Waals surface area (Å²) in [6.45, 7) is 3.58. The lowest BCUT2D eigenvalue weighted by atomic mass is 10.1. The van der Waals surface area contributed by atoms with Gasteiger partial charge in [0, 0.05) is 30.2 Å². The van der Waals surface area contributed by atoms with Gasteiger partial charge in [0.1, 0.15) is 5.75 Å². The third-order valence-corrected chi connectivity index (χ3v) is 8.69. The highest BCUT2D eigenvalue weighted by atomic mass is 32.2. The molecule has 4 aromatic rings. The molecule has 1 saturated heterocycles. The van der Waals surface area contributed by atoms with Crippen molar-refractivity contribution in [3.05, 3.63) is 77.9 Å². The van der Waals surface area contributed by atoms with E-state index in [-0.39, 0.29) is 34.7 Å². The number of azo groups is 1. The summed E-state index contributed by atoms with van der Waals surface area (Å²) in [6, 6.07) is 19.9. The smallest absolute Gasteiger partial charge is 0.243 e. The summed E-state index contributed by atoms with van der Waals surface area (Å²) in [5.74, 6) is 0.500. The summed E-state index contributed by atoms with van der Waals surface area (Å²) in [6.07, 6.45) is 0. The molecule has 10 nitrogen and oxygen atoms in total. The second-order valence-corrected chi connectivity index (χ2v) is 11.6. The van der Waals surface area contributed by atoms with E-state index in [9.17, 15) is 13.5 Å². The van der Waals surface area contributed by atoms with Crippen LogP contribution >= 0.6 is 12.2 Å². The second-order valence-electron chi connectivity index (χ2n) is 9.30. The summed E-state index contributed by atoms with van der Waals surface area (Å²) in [5.41, 5.74) is 3.47. The van der Waals surface area contributed by atoms with Crippen molar-refractivity contribution in [1.29, 1.82) is 0 Å². The van der Waals surface area contributed by atoms with E-state index in [1.807, 2.05) is 37.3 Å².